The predicted octanol–water partition coefficient (Wildman–Crippen LogP) is 5.08. The second-order valence-corrected chi connectivity index (χ2v) is 9.15. The fourth-order valence-corrected chi connectivity index (χ4v) is 5.31. The SMILES string of the molecule is Cc1c([C@H]2[C@H](c3cc(=O)c4c(C(N)=O)nccc4[nH]3)C[C@@](C)(C(F)(F)F)[C@H]2C)ccc(F)c1F. The first-order valence-electron chi connectivity index (χ1n) is 10.6. The first-order valence-corrected chi connectivity index (χ1v) is 10.6. The minimum atomic E-state index is -4.58. The summed E-state index contributed by atoms with van der Waals surface area (Å²) in [6, 6.07) is 4.76. The van der Waals surface area contributed by atoms with Crippen molar-refractivity contribution in [2.45, 2.75) is 45.2 Å². The summed E-state index contributed by atoms with van der Waals surface area (Å²) in [5.74, 6) is -5.88. The fourth-order valence-electron chi connectivity index (χ4n) is 5.31. The lowest BCUT2D eigenvalue weighted by Crippen LogP contribution is -2.38. The number of aromatic nitrogens is 2. The Labute approximate surface area is 191 Å². The highest BCUT2D eigenvalue weighted by Crippen LogP contribution is 2.64. The molecule has 4 atom stereocenters. The molecule has 2 aromatic heterocycles. The van der Waals surface area contributed by atoms with Gasteiger partial charge in [0, 0.05) is 23.9 Å². The zero-order valence-electron chi connectivity index (χ0n) is 18.6. The molecule has 180 valence electrons. The average molecular weight is 479 g/mol. The van der Waals surface area contributed by atoms with E-state index in [-0.39, 0.29) is 39.8 Å². The van der Waals surface area contributed by atoms with Gasteiger partial charge in [0.1, 0.15) is 5.69 Å². The molecule has 10 heteroatoms. The number of nitrogens with two attached hydrogens (primary N) is 1. The van der Waals surface area contributed by atoms with Crippen LogP contribution >= 0.6 is 0 Å². The fraction of sp³-hybridized carbons (Fsp3) is 0.375. The number of alkyl halides is 3. The number of pyridine rings is 2. The third-order valence-corrected chi connectivity index (χ3v) is 7.40. The molecule has 4 rings (SSSR count). The molecular weight excluding hydrogens is 457 g/mol. The van der Waals surface area contributed by atoms with Gasteiger partial charge in [-0.1, -0.05) is 19.9 Å². The number of H-pyrrole nitrogens is 1. The van der Waals surface area contributed by atoms with Gasteiger partial charge in [0.05, 0.1) is 16.3 Å². The molecule has 0 radical (unpaired) electrons. The zero-order valence-corrected chi connectivity index (χ0v) is 18.6. The van der Waals surface area contributed by atoms with Gasteiger partial charge >= 0.3 is 6.18 Å². The van der Waals surface area contributed by atoms with Crippen LogP contribution in [-0.2, 0) is 0 Å². The maximum absolute atomic E-state index is 14.4. The van der Waals surface area contributed by atoms with Crippen LogP contribution in [0.1, 0.15) is 59.4 Å². The highest BCUT2D eigenvalue weighted by Gasteiger charge is 2.62. The summed E-state index contributed by atoms with van der Waals surface area (Å²) in [6.07, 6.45) is -3.70. The van der Waals surface area contributed by atoms with Crippen LogP contribution in [0.3, 0.4) is 0 Å². The van der Waals surface area contributed by atoms with Crippen molar-refractivity contribution in [1.29, 1.82) is 0 Å². The molecule has 2 heterocycles. The third-order valence-electron chi connectivity index (χ3n) is 7.40. The monoisotopic (exact) mass is 479 g/mol. The number of benzene rings is 1. The standard InChI is InChI=1S/C24H22F5N3O2/c1-10-12(4-5-14(25)20(10)26)18-11(2)23(3,24(27,28)29)9-13(18)16-8-17(33)19-15(32-16)6-7-31-21(19)22(30)34/h4-8,11,13,18H,9H2,1-3H3,(H2,30,34)(H,32,33)/t11-,13-,18-,23+/m0/s1. The molecule has 1 aromatic carbocycles. The minimum absolute atomic E-state index is 0.0658. The van der Waals surface area contributed by atoms with E-state index in [0.29, 0.717) is 0 Å². The maximum Gasteiger partial charge on any atom is 0.394 e. The third kappa shape index (κ3) is 3.47. The Morgan fingerprint density at radius 1 is 1.24 bits per heavy atom. The van der Waals surface area contributed by atoms with Gasteiger partial charge in [0.25, 0.3) is 5.91 Å². The number of aromatic amines is 1. The van der Waals surface area contributed by atoms with Crippen molar-refractivity contribution >= 4 is 16.8 Å². The van der Waals surface area contributed by atoms with Crippen molar-refractivity contribution in [3.8, 4) is 0 Å². The molecule has 34 heavy (non-hydrogen) atoms. The Balaban J connectivity index is 1.96. The number of rotatable bonds is 3. The average Bonchev–Trinajstić information content (AvgIpc) is 3.03. The van der Waals surface area contributed by atoms with Crippen molar-refractivity contribution in [2.75, 3.05) is 0 Å². The lowest BCUT2D eigenvalue weighted by atomic mass is 9.74. The van der Waals surface area contributed by atoms with Gasteiger partial charge in [-0.05, 0) is 48.4 Å². The zero-order chi connectivity index (χ0) is 25.2. The highest BCUT2D eigenvalue weighted by atomic mass is 19.4. The molecule has 1 fully saturated rings. The van der Waals surface area contributed by atoms with Crippen molar-refractivity contribution < 1.29 is 26.7 Å². The van der Waals surface area contributed by atoms with Gasteiger partial charge in [0.2, 0.25) is 0 Å². The van der Waals surface area contributed by atoms with Crippen LogP contribution in [0.15, 0.2) is 35.3 Å². The summed E-state index contributed by atoms with van der Waals surface area (Å²) >= 11 is 0. The van der Waals surface area contributed by atoms with Crippen LogP contribution in [0, 0.1) is 29.9 Å². The molecule has 0 saturated heterocycles. The number of hydrogen-bond donors (Lipinski definition) is 2. The second kappa shape index (κ2) is 7.89. The topological polar surface area (TPSA) is 88.8 Å². The molecule has 0 aliphatic heterocycles. The number of carbonyl (C=O) groups excluding carboxylic acids is 1. The maximum atomic E-state index is 14.4. The van der Waals surface area contributed by atoms with Crippen LogP contribution in [-0.4, -0.2) is 22.1 Å². The number of fused-ring (bicyclic) bond motifs is 1. The van der Waals surface area contributed by atoms with Gasteiger partial charge in [-0.2, -0.15) is 13.2 Å². The van der Waals surface area contributed by atoms with Gasteiger partial charge in [0.15, 0.2) is 17.1 Å². The van der Waals surface area contributed by atoms with E-state index in [1.807, 2.05) is 0 Å². The van der Waals surface area contributed by atoms with E-state index in [4.69, 9.17) is 5.73 Å². The van der Waals surface area contributed by atoms with E-state index < -0.39 is 52.3 Å². The lowest BCUT2D eigenvalue weighted by Gasteiger charge is -2.34. The summed E-state index contributed by atoms with van der Waals surface area (Å²) < 4.78 is 70.9. The first kappa shape index (κ1) is 23.8. The van der Waals surface area contributed by atoms with E-state index in [2.05, 4.69) is 9.97 Å². The van der Waals surface area contributed by atoms with Crippen LogP contribution in [0.4, 0.5) is 22.0 Å². The van der Waals surface area contributed by atoms with E-state index in [1.165, 1.54) is 32.2 Å². The molecule has 1 aliphatic rings. The van der Waals surface area contributed by atoms with E-state index in [1.54, 1.807) is 0 Å². The number of halogens is 5. The van der Waals surface area contributed by atoms with Gasteiger partial charge in [-0.25, -0.2) is 8.78 Å². The summed E-state index contributed by atoms with van der Waals surface area (Å²) in [6.45, 7) is 3.87. The molecular formula is C24H22F5N3O2. The Hall–Kier alpha value is -3.30. The van der Waals surface area contributed by atoms with Crippen LogP contribution < -0.4 is 11.2 Å². The number of amides is 1. The molecule has 0 unspecified atom stereocenters. The Kier molecular flexibility index (Phi) is 5.53. The summed E-state index contributed by atoms with van der Waals surface area (Å²) in [5.41, 5.74) is 2.85. The summed E-state index contributed by atoms with van der Waals surface area (Å²) in [4.78, 5) is 31.4. The van der Waals surface area contributed by atoms with Crippen LogP contribution in [0.2, 0.25) is 0 Å². The predicted molar refractivity (Wildman–Crippen MR) is 115 cm³/mol. The molecule has 1 saturated carbocycles. The minimum Gasteiger partial charge on any atom is -0.364 e. The molecule has 3 N–H and O–H groups in total. The molecule has 0 bridgehead atoms. The van der Waals surface area contributed by atoms with Crippen LogP contribution in [0.25, 0.3) is 10.9 Å². The Morgan fingerprint density at radius 3 is 2.53 bits per heavy atom. The number of hydrogen-bond acceptors (Lipinski definition) is 3. The molecule has 3 aromatic rings. The van der Waals surface area contributed by atoms with E-state index in [0.717, 1.165) is 19.1 Å². The second-order valence-electron chi connectivity index (χ2n) is 9.15. The quantitative estimate of drug-likeness (QED) is 0.514. The number of nitrogens with zero attached hydrogens (tertiary/aromatic N) is 1. The molecule has 1 amide bonds. The number of nitrogens with one attached hydrogen (secondary N) is 1. The smallest absolute Gasteiger partial charge is 0.364 e. The number of carbonyl (C=O) groups is 1. The van der Waals surface area contributed by atoms with Crippen molar-refractivity contribution in [1.82, 2.24) is 9.97 Å². The van der Waals surface area contributed by atoms with Gasteiger partial charge < -0.3 is 10.7 Å². The van der Waals surface area contributed by atoms with Crippen LogP contribution in [0.5, 0.6) is 0 Å². The Morgan fingerprint density at radius 2 is 1.91 bits per heavy atom. The summed E-state index contributed by atoms with van der Waals surface area (Å²) in [5, 5.41) is -0.0658. The van der Waals surface area contributed by atoms with Crippen molar-refractivity contribution in [3.05, 3.63) is 74.8 Å². The van der Waals surface area contributed by atoms with Crippen molar-refractivity contribution in [2.24, 2.45) is 17.1 Å². The summed E-state index contributed by atoms with van der Waals surface area (Å²) in [7, 11) is 0. The first-order chi connectivity index (χ1) is 15.8. The lowest BCUT2D eigenvalue weighted by molar-refractivity contribution is -0.229. The highest BCUT2D eigenvalue weighted by molar-refractivity contribution is 6.03. The Bertz CT molecular complexity index is 1370. The normalized spacial score (nSPS) is 25.1. The molecule has 1 aliphatic carbocycles. The number of primary amides is 1. The molecule has 5 nitrogen and oxygen atoms in total. The molecule has 0 spiro atoms. The van der Waals surface area contributed by atoms with Gasteiger partial charge in [-0.3, -0.25) is 14.6 Å². The largest absolute Gasteiger partial charge is 0.394 e. The van der Waals surface area contributed by atoms with E-state index in [9.17, 15) is 31.5 Å². The van der Waals surface area contributed by atoms with E-state index >= 15 is 0 Å². The van der Waals surface area contributed by atoms with Gasteiger partial charge in [-0.15, -0.1) is 0 Å². The van der Waals surface area contributed by atoms with Crippen molar-refractivity contribution in [3.63, 3.8) is 0 Å².